The van der Waals surface area contributed by atoms with Crippen LogP contribution < -0.4 is 10.0 Å². The van der Waals surface area contributed by atoms with Crippen LogP contribution in [0.3, 0.4) is 0 Å². The lowest BCUT2D eigenvalue weighted by atomic mass is 10.1. The summed E-state index contributed by atoms with van der Waals surface area (Å²) in [5.74, 6) is -0.210. The van der Waals surface area contributed by atoms with Crippen LogP contribution in [-0.2, 0) is 17.5 Å². The Labute approximate surface area is 155 Å². The van der Waals surface area contributed by atoms with Gasteiger partial charge in [-0.25, -0.2) is 4.21 Å². The highest BCUT2D eigenvalue weighted by Gasteiger charge is 2.13. The Morgan fingerprint density at radius 3 is 2.27 bits per heavy atom. The largest absolute Gasteiger partial charge is 0.348 e. The summed E-state index contributed by atoms with van der Waals surface area (Å²) < 4.78 is 15.5. The molecular weight excluding hydrogens is 344 g/mol. The summed E-state index contributed by atoms with van der Waals surface area (Å²) >= 11 is 0. The highest BCUT2D eigenvalue weighted by molar-refractivity contribution is 7.86. The first-order valence-electron chi connectivity index (χ1n) is 8.30. The van der Waals surface area contributed by atoms with E-state index in [0.717, 1.165) is 11.1 Å². The molecular formula is C21H20N2O2S. The van der Waals surface area contributed by atoms with Crippen LogP contribution in [0.25, 0.3) is 0 Å². The van der Waals surface area contributed by atoms with Crippen molar-refractivity contribution < 1.29 is 9.00 Å². The minimum absolute atomic E-state index is 0.210. The van der Waals surface area contributed by atoms with Crippen molar-refractivity contribution in [1.29, 1.82) is 0 Å². The molecule has 26 heavy (non-hydrogen) atoms. The lowest BCUT2D eigenvalue weighted by molar-refractivity contribution is 0.0952. The van der Waals surface area contributed by atoms with E-state index < -0.39 is 11.0 Å². The van der Waals surface area contributed by atoms with E-state index in [0.29, 0.717) is 22.7 Å². The molecule has 4 nitrogen and oxygen atoms in total. The van der Waals surface area contributed by atoms with Gasteiger partial charge in [-0.05, 0) is 36.8 Å². The molecule has 2 N–H and O–H groups in total. The van der Waals surface area contributed by atoms with E-state index in [4.69, 9.17) is 0 Å². The van der Waals surface area contributed by atoms with Gasteiger partial charge in [-0.15, -0.1) is 0 Å². The summed E-state index contributed by atoms with van der Waals surface area (Å²) in [7, 11) is -1.44. The van der Waals surface area contributed by atoms with E-state index in [1.54, 1.807) is 18.2 Å². The molecule has 0 spiro atoms. The van der Waals surface area contributed by atoms with E-state index >= 15 is 0 Å². The minimum Gasteiger partial charge on any atom is -0.348 e. The molecule has 0 saturated carbocycles. The molecule has 0 aliphatic heterocycles. The standard InChI is InChI=1S/C21H20N2O2S/c1-16-11-13-18(14-12-16)26(25)23-20-10-6-5-9-19(20)21(24)22-15-17-7-3-2-4-8-17/h2-14,23H,15H2,1H3,(H,22,24). The van der Waals surface area contributed by atoms with Gasteiger partial charge in [0.25, 0.3) is 5.91 Å². The van der Waals surface area contributed by atoms with Crippen molar-refractivity contribution in [2.45, 2.75) is 18.4 Å². The van der Waals surface area contributed by atoms with Gasteiger partial charge in [0.15, 0.2) is 0 Å². The van der Waals surface area contributed by atoms with E-state index in [-0.39, 0.29) is 5.91 Å². The first-order chi connectivity index (χ1) is 12.6. The van der Waals surface area contributed by atoms with Crippen molar-refractivity contribution in [1.82, 2.24) is 5.32 Å². The van der Waals surface area contributed by atoms with E-state index in [1.165, 1.54) is 0 Å². The third kappa shape index (κ3) is 4.58. The lowest BCUT2D eigenvalue weighted by Gasteiger charge is -2.12. The van der Waals surface area contributed by atoms with Gasteiger partial charge in [-0.1, -0.05) is 60.2 Å². The molecule has 0 aliphatic rings. The van der Waals surface area contributed by atoms with Crippen molar-refractivity contribution in [2.24, 2.45) is 0 Å². The molecule has 1 amide bonds. The molecule has 1 unspecified atom stereocenters. The average molecular weight is 364 g/mol. The second-order valence-corrected chi connectivity index (χ2v) is 7.11. The van der Waals surface area contributed by atoms with E-state index in [1.807, 2.05) is 67.6 Å². The number of para-hydroxylation sites is 1. The zero-order valence-corrected chi connectivity index (χ0v) is 15.3. The van der Waals surface area contributed by atoms with Gasteiger partial charge in [0.1, 0.15) is 11.0 Å². The molecule has 0 bridgehead atoms. The summed E-state index contributed by atoms with van der Waals surface area (Å²) in [4.78, 5) is 13.2. The van der Waals surface area contributed by atoms with Crippen LogP contribution >= 0.6 is 0 Å². The van der Waals surface area contributed by atoms with Gasteiger partial charge in [0.05, 0.1) is 16.1 Å². The fourth-order valence-corrected chi connectivity index (χ4v) is 3.34. The molecule has 132 valence electrons. The second kappa shape index (κ2) is 8.45. The molecule has 1 atom stereocenters. The molecule has 0 heterocycles. The van der Waals surface area contributed by atoms with Gasteiger partial charge in [0, 0.05) is 6.54 Å². The average Bonchev–Trinajstić information content (AvgIpc) is 2.68. The van der Waals surface area contributed by atoms with Crippen LogP contribution in [0.1, 0.15) is 21.5 Å². The topological polar surface area (TPSA) is 58.2 Å². The molecule has 0 fully saturated rings. The fourth-order valence-electron chi connectivity index (χ4n) is 2.46. The van der Waals surface area contributed by atoms with Gasteiger partial charge >= 0.3 is 0 Å². The summed E-state index contributed by atoms with van der Waals surface area (Å²) in [6.45, 7) is 2.42. The SMILES string of the molecule is Cc1ccc(S(=O)Nc2ccccc2C(=O)NCc2ccccc2)cc1. The van der Waals surface area contributed by atoms with Crippen LogP contribution in [0, 0.1) is 6.92 Å². The Hall–Kier alpha value is -2.92. The molecule has 5 heteroatoms. The number of aryl methyl sites for hydroxylation is 1. The number of anilines is 1. The van der Waals surface area contributed by atoms with E-state index in [2.05, 4.69) is 10.0 Å². The second-order valence-electron chi connectivity index (χ2n) is 5.90. The Bertz CT molecular complexity index is 909. The molecule has 3 rings (SSSR count). The van der Waals surface area contributed by atoms with Crippen molar-refractivity contribution >= 4 is 22.6 Å². The fraction of sp³-hybridized carbons (Fsp3) is 0.0952. The van der Waals surface area contributed by atoms with Crippen molar-refractivity contribution in [3.8, 4) is 0 Å². The molecule has 0 aromatic heterocycles. The highest BCUT2D eigenvalue weighted by Crippen LogP contribution is 2.18. The Morgan fingerprint density at radius 1 is 0.885 bits per heavy atom. The summed E-state index contributed by atoms with van der Waals surface area (Å²) in [5.41, 5.74) is 3.13. The molecule has 0 saturated heterocycles. The maximum Gasteiger partial charge on any atom is 0.253 e. The molecule has 0 radical (unpaired) electrons. The third-order valence-corrected chi connectivity index (χ3v) is 5.01. The minimum atomic E-state index is -1.44. The summed E-state index contributed by atoms with van der Waals surface area (Å²) in [6, 6.07) is 24.2. The summed E-state index contributed by atoms with van der Waals surface area (Å²) in [5, 5.41) is 2.90. The van der Waals surface area contributed by atoms with Crippen LogP contribution in [-0.4, -0.2) is 10.1 Å². The summed E-state index contributed by atoms with van der Waals surface area (Å²) in [6.07, 6.45) is 0. The number of benzene rings is 3. The number of nitrogens with one attached hydrogen (secondary N) is 2. The predicted octanol–water partition coefficient (Wildman–Crippen LogP) is 4.06. The number of carbonyl (C=O) groups is 1. The number of amides is 1. The number of hydrogen-bond donors (Lipinski definition) is 2. The monoisotopic (exact) mass is 364 g/mol. The normalized spacial score (nSPS) is 11.6. The van der Waals surface area contributed by atoms with Gasteiger partial charge in [0.2, 0.25) is 0 Å². The third-order valence-electron chi connectivity index (χ3n) is 3.91. The van der Waals surface area contributed by atoms with Crippen LogP contribution in [0.4, 0.5) is 5.69 Å². The molecule has 3 aromatic carbocycles. The maximum atomic E-state index is 12.6. The van der Waals surface area contributed by atoms with Crippen molar-refractivity contribution in [3.63, 3.8) is 0 Å². The Balaban J connectivity index is 1.72. The smallest absolute Gasteiger partial charge is 0.253 e. The number of rotatable bonds is 6. The van der Waals surface area contributed by atoms with Crippen LogP contribution in [0.15, 0.2) is 83.8 Å². The van der Waals surface area contributed by atoms with Crippen LogP contribution in [0.2, 0.25) is 0 Å². The Morgan fingerprint density at radius 2 is 1.54 bits per heavy atom. The number of hydrogen-bond acceptors (Lipinski definition) is 2. The zero-order chi connectivity index (χ0) is 18.4. The lowest BCUT2D eigenvalue weighted by Crippen LogP contribution is -2.24. The predicted molar refractivity (Wildman–Crippen MR) is 105 cm³/mol. The molecule has 3 aromatic rings. The Kier molecular flexibility index (Phi) is 5.81. The van der Waals surface area contributed by atoms with Gasteiger partial charge < -0.3 is 10.0 Å². The zero-order valence-electron chi connectivity index (χ0n) is 14.4. The number of carbonyl (C=O) groups excluding carboxylic acids is 1. The highest BCUT2D eigenvalue weighted by atomic mass is 32.2. The van der Waals surface area contributed by atoms with Gasteiger partial charge in [-0.3, -0.25) is 4.79 Å². The first-order valence-corrected chi connectivity index (χ1v) is 9.45. The van der Waals surface area contributed by atoms with Crippen LogP contribution in [0.5, 0.6) is 0 Å². The quantitative estimate of drug-likeness (QED) is 0.693. The van der Waals surface area contributed by atoms with E-state index in [9.17, 15) is 9.00 Å². The maximum absolute atomic E-state index is 12.6. The molecule has 0 aliphatic carbocycles. The van der Waals surface area contributed by atoms with Gasteiger partial charge in [-0.2, -0.15) is 0 Å². The van der Waals surface area contributed by atoms with Crippen molar-refractivity contribution in [3.05, 3.63) is 95.6 Å². The van der Waals surface area contributed by atoms with Crippen molar-refractivity contribution in [2.75, 3.05) is 4.72 Å². The first kappa shape index (κ1) is 17.9.